The Hall–Kier alpha value is -1.36. The number of carbonyl (C=O) groups excluding carboxylic acids is 1. The first-order chi connectivity index (χ1) is 9.52. The first-order valence-corrected chi connectivity index (χ1v) is 7.29. The minimum atomic E-state index is -1.14. The molecule has 0 aromatic carbocycles. The van der Waals surface area contributed by atoms with Crippen LogP contribution in [-0.4, -0.2) is 34.9 Å². The van der Waals surface area contributed by atoms with E-state index in [0.29, 0.717) is 5.92 Å². The van der Waals surface area contributed by atoms with Crippen LogP contribution in [0.15, 0.2) is 12.2 Å². The van der Waals surface area contributed by atoms with Crippen molar-refractivity contribution >= 4 is 11.9 Å². The lowest BCUT2D eigenvalue weighted by Gasteiger charge is -2.39. The van der Waals surface area contributed by atoms with Crippen molar-refractivity contribution in [3.63, 3.8) is 0 Å². The Morgan fingerprint density at radius 2 is 1.95 bits per heavy atom. The van der Waals surface area contributed by atoms with Crippen LogP contribution in [0.1, 0.15) is 39.0 Å². The number of carbonyl (C=O) groups is 2. The minimum Gasteiger partial charge on any atom is -0.481 e. The molecule has 3 rings (SSSR count). The number of aliphatic carboxylic acids is 1. The number of carboxylic acid groups (broad SMARTS) is 1. The van der Waals surface area contributed by atoms with E-state index < -0.39 is 24.0 Å². The highest BCUT2D eigenvalue weighted by Gasteiger charge is 2.56. The van der Waals surface area contributed by atoms with Crippen LogP contribution in [0.4, 0.5) is 0 Å². The molecular weight excluding hydrogens is 260 g/mol. The van der Waals surface area contributed by atoms with Crippen molar-refractivity contribution in [1.29, 1.82) is 0 Å². The van der Waals surface area contributed by atoms with E-state index in [-0.39, 0.29) is 18.1 Å². The lowest BCUT2D eigenvalue weighted by atomic mass is 9.72. The molecule has 110 valence electrons. The average molecular weight is 280 g/mol. The van der Waals surface area contributed by atoms with E-state index in [1.807, 2.05) is 0 Å². The highest BCUT2D eigenvalue weighted by molar-refractivity contribution is 5.90. The maximum Gasteiger partial charge on any atom is 0.317 e. The smallest absolute Gasteiger partial charge is 0.317 e. The van der Waals surface area contributed by atoms with Gasteiger partial charge >= 0.3 is 11.9 Å². The zero-order chi connectivity index (χ0) is 14.3. The highest BCUT2D eigenvalue weighted by atomic mass is 16.6. The van der Waals surface area contributed by atoms with Crippen molar-refractivity contribution in [3.8, 4) is 0 Å². The Morgan fingerprint density at radius 1 is 1.30 bits per heavy atom. The van der Waals surface area contributed by atoms with Gasteiger partial charge in [0, 0.05) is 5.92 Å². The van der Waals surface area contributed by atoms with Crippen LogP contribution in [0.5, 0.6) is 0 Å². The van der Waals surface area contributed by atoms with Gasteiger partial charge in [-0.15, -0.1) is 0 Å². The molecule has 0 amide bonds. The van der Waals surface area contributed by atoms with Gasteiger partial charge < -0.3 is 14.6 Å². The van der Waals surface area contributed by atoms with Gasteiger partial charge in [0.15, 0.2) is 0 Å². The maximum absolute atomic E-state index is 11.8. The van der Waals surface area contributed by atoms with Crippen molar-refractivity contribution in [2.45, 2.75) is 56.8 Å². The fourth-order valence-electron chi connectivity index (χ4n) is 4.14. The summed E-state index contributed by atoms with van der Waals surface area (Å²) < 4.78 is 11.6. The first kappa shape index (κ1) is 13.6. The number of esters is 1. The first-order valence-electron chi connectivity index (χ1n) is 7.29. The summed E-state index contributed by atoms with van der Waals surface area (Å²) in [7, 11) is 0. The second-order valence-corrected chi connectivity index (χ2v) is 6.15. The molecule has 1 saturated carbocycles. The standard InChI is InChI=1S/C15H20O5/c1-9-10-4-5-11(19-10)14(9)15(6-2-3-7-15)20-13(18)8-12(16)17/h4-5,9-11,14H,2-3,6-8H2,1H3,(H,16,17). The molecule has 1 saturated heterocycles. The number of ether oxygens (including phenoxy) is 2. The molecule has 0 aromatic rings. The molecular formula is C15H20O5. The van der Waals surface area contributed by atoms with E-state index in [2.05, 4.69) is 19.1 Å². The SMILES string of the molecule is CC1C2C=CC(O2)C1C1(OC(=O)CC(=O)O)CCCC1. The lowest BCUT2D eigenvalue weighted by molar-refractivity contribution is -0.171. The van der Waals surface area contributed by atoms with Crippen LogP contribution in [0.3, 0.4) is 0 Å². The molecule has 2 aliphatic heterocycles. The number of rotatable bonds is 4. The number of carboxylic acids is 1. The summed E-state index contributed by atoms with van der Waals surface area (Å²) in [4.78, 5) is 22.5. The summed E-state index contributed by atoms with van der Waals surface area (Å²) in [5, 5.41) is 8.73. The van der Waals surface area contributed by atoms with Crippen molar-refractivity contribution in [2.75, 3.05) is 0 Å². The van der Waals surface area contributed by atoms with Crippen molar-refractivity contribution in [3.05, 3.63) is 12.2 Å². The van der Waals surface area contributed by atoms with Gasteiger partial charge in [0.2, 0.25) is 0 Å². The van der Waals surface area contributed by atoms with Gasteiger partial charge in [0.1, 0.15) is 12.0 Å². The van der Waals surface area contributed by atoms with E-state index in [1.165, 1.54) is 0 Å². The minimum absolute atomic E-state index is 0.00530. The topological polar surface area (TPSA) is 72.8 Å². The largest absolute Gasteiger partial charge is 0.481 e. The maximum atomic E-state index is 11.8. The Bertz CT molecular complexity index is 449. The predicted molar refractivity (Wildman–Crippen MR) is 70.0 cm³/mol. The molecule has 4 atom stereocenters. The molecule has 3 aliphatic rings. The molecule has 5 nitrogen and oxygen atoms in total. The zero-order valence-corrected chi connectivity index (χ0v) is 11.6. The van der Waals surface area contributed by atoms with E-state index in [0.717, 1.165) is 25.7 Å². The fourth-order valence-corrected chi connectivity index (χ4v) is 4.14. The molecule has 2 bridgehead atoms. The Kier molecular flexibility index (Phi) is 3.32. The summed E-state index contributed by atoms with van der Waals surface area (Å²) in [5.41, 5.74) is -0.532. The fraction of sp³-hybridized carbons (Fsp3) is 0.733. The van der Waals surface area contributed by atoms with E-state index in [9.17, 15) is 9.59 Å². The van der Waals surface area contributed by atoms with Gasteiger partial charge in [0.05, 0.1) is 12.2 Å². The van der Waals surface area contributed by atoms with E-state index in [4.69, 9.17) is 14.6 Å². The van der Waals surface area contributed by atoms with Gasteiger partial charge in [-0.1, -0.05) is 19.1 Å². The summed E-state index contributed by atoms with van der Waals surface area (Å²) in [6.07, 6.45) is 7.35. The molecule has 0 radical (unpaired) electrons. The van der Waals surface area contributed by atoms with Crippen LogP contribution in [0.25, 0.3) is 0 Å². The third-order valence-electron chi connectivity index (χ3n) is 4.91. The third kappa shape index (κ3) is 2.14. The predicted octanol–water partition coefficient (Wildman–Crippen LogP) is 1.91. The number of fused-ring (bicyclic) bond motifs is 2. The highest BCUT2D eigenvalue weighted by Crippen LogP contribution is 2.51. The van der Waals surface area contributed by atoms with Crippen LogP contribution in [-0.2, 0) is 19.1 Å². The van der Waals surface area contributed by atoms with Crippen LogP contribution >= 0.6 is 0 Å². The average Bonchev–Trinajstić information content (AvgIpc) is 3.03. The van der Waals surface area contributed by atoms with Crippen molar-refractivity contribution in [2.24, 2.45) is 11.8 Å². The Balaban J connectivity index is 1.80. The molecule has 2 heterocycles. The van der Waals surface area contributed by atoms with Crippen LogP contribution in [0.2, 0.25) is 0 Å². The normalized spacial score (nSPS) is 37.2. The summed E-state index contributed by atoms with van der Waals surface area (Å²) in [5.74, 6) is -1.31. The van der Waals surface area contributed by atoms with Crippen molar-refractivity contribution in [1.82, 2.24) is 0 Å². The summed E-state index contributed by atoms with van der Waals surface area (Å²) in [6, 6.07) is 0. The number of hydrogen-bond acceptors (Lipinski definition) is 4. The second kappa shape index (κ2) is 4.88. The van der Waals surface area contributed by atoms with E-state index in [1.54, 1.807) is 0 Å². The van der Waals surface area contributed by atoms with Gasteiger partial charge in [-0.05, 0) is 31.6 Å². The molecule has 2 fully saturated rings. The van der Waals surface area contributed by atoms with Gasteiger partial charge in [0.25, 0.3) is 0 Å². The molecule has 1 N–H and O–H groups in total. The third-order valence-corrected chi connectivity index (χ3v) is 4.91. The molecule has 0 spiro atoms. The Morgan fingerprint density at radius 3 is 2.50 bits per heavy atom. The zero-order valence-electron chi connectivity index (χ0n) is 11.6. The van der Waals surface area contributed by atoms with Crippen molar-refractivity contribution < 1.29 is 24.2 Å². The number of hydrogen-bond donors (Lipinski definition) is 1. The molecule has 5 heteroatoms. The second-order valence-electron chi connectivity index (χ2n) is 6.15. The monoisotopic (exact) mass is 280 g/mol. The van der Waals surface area contributed by atoms with Gasteiger partial charge in [-0.3, -0.25) is 9.59 Å². The van der Waals surface area contributed by atoms with Crippen LogP contribution < -0.4 is 0 Å². The summed E-state index contributed by atoms with van der Waals surface area (Å²) in [6.45, 7) is 2.13. The van der Waals surface area contributed by atoms with Crippen LogP contribution in [0, 0.1) is 11.8 Å². The molecule has 0 aromatic heterocycles. The van der Waals surface area contributed by atoms with Gasteiger partial charge in [-0.25, -0.2) is 0 Å². The molecule has 1 aliphatic carbocycles. The molecule has 20 heavy (non-hydrogen) atoms. The summed E-state index contributed by atoms with van der Waals surface area (Å²) >= 11 is 0. The lowest BCUT2D eigenvalue weighted by Crippen LogP contribution is -2.47. The quantitative estimate of drug-likeness (QED) is 0.484. The van der Waals surface area contributed by atoms with Gasteiger partial charge in [-0.2, -0.15) is 0 Å². The van der Waals surface area contributed by atoms with E-state index >= 15 is 0 Å². The molecule has 4 unspecified atom stereocenters. The Labute approximate surface area is 117 Å².